The Morgan fingerprint density at radius 1 is 0.935 bits per heavy atom. The smallest absolute Gasteiger partial charge is 0.343 e. The van der Waals surface area contributed by atoms with Crippen LogP contribution in [0.4, 0.5) is 0 Å². The highest BCUT2D eigenvalue weighted by Crippen LogP contribution is 2.32. The quantitative estimate of drug-likeness (QED) is 0.340. The number of ether oxygens (including phenoxy) is 2. The minimum absolute atomic E-state index is 0.0965. The van der Waals surface area contributed by atoms with E-state index in [1.54, 1.807) is 0 Å². The second kappa shape index (κ2) is 9.52. The highest BCUT2D eigenvalue weighted by atomic mass is 16.6. The van der Waals surface area contributed by atoms with Crippen LogP contribution in [-0.4, -0.2) is 24.3 Å². The van der Waals surface area contributed by atoms with Crippen LogP contribution in [0, 0.1) is 0 Å². The van der Waals surface area contributed by atoms with Crippen LogP contribution in [0.5, 0.6) is 5.75 Å². The van der Waals surface area contributed by atoms with Crippen molar-refractivity contribution in [2.45, 2.75) is 26.3 Å². The van der Waals surface area contributed by atoms with E-state index in [4.69, 9.17) is 9.47 Å². The Balaban J connectivity index is 1.76. The molecular weight excluding hydrogens is 386 g/mol. The lowest BCUT2D eigenvalue weighted by Crippen LogP contribution is -2.12. The van der Waals surface area contributed by atoms with Gasteiger partial charge < -0.3 is 14.0 Å². The molecule has 0 atom stereocenters. The zero-order valence-corrected chi connectivity index (χ0v) is 18.0. The number of carbonyl (C=O) groups is 1. The number of benzene rings is 3. The predicted octanol–water partition coefficient (Wildman–Crippen LogP) is 5.86. The van der Waals surface area contributed by atoms with Gasteiger partial charge in [-0.1, -0.05) is 74.0 Å². The molecule has 0 aliphatic heterocycles. The molecule has 0 aliphatic carbocycles. The number of aryl methyl sites for hydroxylation is 1. The number of hydrogen-bond acceptors (Lipinski definition) is 3. The molecule has 0 unspecified atom stereocenters. The Hall–Kier alpha value is -3.53. The fraction of sp³-hybridized carbons (Fsp3) is 0.222. The van der Waals surface area contributed by atoms with Gasteiger partial charge in [-0.05, 0) is 41.3 Å². The van der Waals surface area contributed by atoms with Crippen LogP contribution in [0.15, 0.2) is 78.9 Å². The zero-order chi connectivity index (χ0) is 21.6. The molecule has 0 N–H and O–H groups in total. The second-order valence-electron chi connectivity index (χ2n) is 7.55. The molecule has 4 nitrogen and oxygen atoms in total. The first kappa shape index (κ1) is 20.7. The van der Waals surface area contributed by atoms with E-state index in [0.29, 0.717) is 5.75 Å². The van der Waals surface area contributed by atoms with Gasteiger partial charge in [-0.2, -0.15) is 0 Å². The number of nitrogens with zero attached hydrogens (tertiary/aromatic N) is 1. The number of aromatic nitrogens is 1. The Bertz CT molecular complexity index is 1180. The highest BCUT2D eigenvalue weighted by molar-refractivity contribution is 5.88. The fourth-order valence-electron chi connectivity index (χ4n) is 4.01. The Kier molecular flexibility index (Phi) is 6.37. The third kappa shape index (κ3) is 4.48. The molecule has 0 saturated heterocycles. The van der Waals surface area contributed by atoms with Crippen LogP contribution >= 0.6 is 0 Å². The SMILES string of the molecule is CCCc1cc2c(OCC(=O)OC)cccc2n1Cc1ccccc1-c1ccccc1. The number of esters is 1. The van der Waals surface area contributed by atoms with Crippen molar-refractivity contribution < 1.29 is 14.3 Å². The molecule has 31 heavy (non-hydrogen) atoms. The Labute approximate surface area is 183 Å². The number of rotatable bonds is 8. The lowest BCUT2D eigenvalue weighted by Gasteiger charge is -2.15. The monoisotopic (exact) mass is 413 g/mol. The van der Waals surface area contributed by atoms with Gasteiger partial charge in [0.1, 0.15) is 5.75 Å². The van der Waals surface area contributed by atoms with Crippen LogP contribution in [0.2, 0.25) is 0 Å². The van der Waals surface area contributed by atoms with Gasteiger partial charge in [-0.25, -0.2) is 4.79 Å². The van der Waals surface area contributed by atoms with E-state index in [0.717, 1.165) is 30.3 Å². The van der Waals surface area contributed by atoms with Crippen molar-refractivity contribution in [2.24, 2.45) is 0 Å². The topological polar surface area (TPSA) is 40.5 Å². The van der Waals surface area contributed by atoms with E-state index in [1.165, 1.54) is 29.5 Å². The largest absolute Gasteiger partial charge is 0.481 e. The maximum atomic E-state index is 11.6. The molecular formula is C27H27NO3. The molecule has 0 fully saturated rings. The summed E-state index contributed by atoms with van der Waals surface area (Å²) >= 11 is 0. The molecule has 3 aromatic carbocycles. The van der Waals surface area contributed by atoms with E-state index in [-0.39, 0.29) is 12.6 Å². The molecule has 4 aromatic rings. The average Bonchev–Trinajstić information content (AvgIpc) is 3.16. The third-order valence-electron chi connectivity index (χ3n) is 5.50. The molecule has 158 valence electrons. The van der Waals surface area contributed by atoms with Crippen LogP contribution in [0.3, 0.4) is 0 Å². The van der Waals surface area contributed by atoms with Crippen molar-refractivity contribution in [1.82, 2.24) is 4.57 Å². The van der Waals surface area contributed by atoms with Crippen LogP contribution in [0.25, 0.3) is 22.0 Å². The van der Waals surface area contributed by atoms with Crippen molar-refractivity contribution in [3.8, 4) is 16.9 Å². The Morgan fingerprint density at radius 3 is 2.48 bits per heavy atom. The molecule has 1 heterocycles. The van der Waals surface area contributed by atoms with Gasteiger partial charge in [0.2, 0.25) is 0 Å². The zero-order valence-electron chi connectivity index (χ0n) is 18.0. The maximum Gasteiger partial charge on any atom is 0.343 e. The summed E-state index contributed by atoms with van der Waals surface area (Å²) in [5.74, 6) is 0.317. The van der Waals surface area contributed by atoms with E-state index < -0.39 is 0 Å². The van der Waals surface area contributed by atoms with Crippen LogP contribution < -0.4 is 4.74 Å². The standard InChI is InChI=1S/C27H27NO3/c1-3-10-22-17-24-25(15-9-16-26(24)31-19-27(29)30-2)28(22)18-21-13-7-8-14-23(21)20-11-5-4-6-12-20/h4-9,11-17H,3,10,18-19H2,1-2H3. The molecule has 0 aliphatic rings. The van der Waals surface area contributed by atoms with Gasteiger partial charge in [0.25, 0.3) is 0 Å². The number of hydrogen-bond donors (Lipinski definition) is 0. The lowest BCUT2D eigenvalue weighted by molar-refractivity contribution is -0.142. The van der Waals surface area contributed by atoms with Crippen molar-refractivity contribution in [3.05, 3.63) is 90.1 Å². The average molecular weight is 414 g/mol. The third-order valence-corrected chi connectivity index (χ3v) is 5.50. The Morgan fingerprint density at radius 2 is 1.71 bits per heavy atom. The van der Waals surface area contributed by atoms with Gasteiger partial charge in [0.05, 0.1) is 12.6 Å². The summed E-state index contributed by atoms with van der Waals surface area (Å²) in [6.07, 6.45) is 2.02. The first-order chi connectivity index (χ1) is 15.2. The van der Waals surface area contributed by atoms with Gasteiger partial charge >= 0.3 is 5.97 Å². The molecule has 0 radical (unpaired) electrons. The summed E-state index contributed by atoms with van der Waals surface area (Å²) in [4.78, 5) is 11.6. The summed E-state index contributed by atoms with van der Waals surface area (Å²) in [6, 6.07) is 27.2. The van der Waals surface area contributed by atoms with Gasteiger partial charge in [-0.3, -0.25) is 0 Å². The summed E-state index contributed by atoms with van der Waals surface area (Å²) in [5, 5.41) is 1.02. The van der Waals surface area contributed by atoms with Crippen molar-refractivity contribution in [3.63, 3.8) is 0 Å². The number of fused-ring (bicyclic) bond motifs is 1. The summed E-state index contributed by atoms with van der Waals surface area (Å²) in [6.45, 7) is 2.86. The van der Waals surface area contributed by atoms with Gasteiger partial charge in [0.15, 0.2) is 6.61 Å². The minimum atomic E-state index is -0.387. The maximum absolute atomic E-state index is 11.6. The highest BCUT2D eigenvalue weighted by Gasteiger charge is 2.15. The molecule has 0 bridgehead atoms. The predicted molar refractivity (Wildman–Crippen MR) is 124 cm³/mol. The lowest BCUT2D eigenvalue weighted by atomic mass is 9.99. The van der Waals surface area contributed by atoms with E-state index in [9.17, 15) is 4.79 Å². The van der Waals surface area contributed by atoms with E-state index in [2.05, 4.69) is 72.2 Å². The normalized spacial score (nSPS) is 10.9. The molecule has 1 aromatic heterocycles. The van der Waals surface area contributed by atoms with Gasteiger partial charge in [-0.15, -0.1) is 0 Å². The second-order valence-corrected chi connectivity index (χ2v) is 7.55. The van der Waals surface area contributed by atoms with Crippen LogP contribution in [0.1, 0.15) is 24.6 Å². The number of carbonyl (C=O) groups excluding carboxylic acids is 1. The molecule has 4 rings (SSSR count). The summed E-state index contributed by atoms with van der Waals surface area (Å²) < 4.78 is 12.9. The van der Waals surface area contributed by atoms with Gasteiger partial charge in [0, 0.05) is 17.6 Å². The van der Waals surface area contributed by atoms with E-state index >= 15 is 0 Å². The minimum Gasteiger partial charge on any atom is -0.481 e. The molecule has 0 amide bonds. The van der Waals surface area contributed by atoms with Crippen molar-refractivity contribution >= 4 is 16.9 Å². The first-order valence-electron chi connectivity index (χ1n) is 10.6. The molecule has 0 spiro atoms. The number of methoxy groups -OCH3 is 1. The van der Waals surface area contributed by atoms with Crippen molar-refractivity contribution in [1.29, 1.82) is 0 Å². The van der Waals surface area contributed by atoms with Crippen molar-refractivity contribution in [2.75, 3.05) is 13.7 Å². The summed E-state index contributed by atoms with van der Waals surface area (Å²) in [5.41, 5.74) is 6.09. The fourth-order valence-corrected chi connectivity index (χ4v) is 4.01. The van der Waals surface area contributed by atoms with E-state index in [1.807, 2.05) is 18.2 Å². The molecule has 4 heteroatoms. The van der Waals surface area contributed by atoms with Crippen LogP contribution in [-0.2, 0) is 22.5 Å². The first-order valence-corrected chi connectivity index (χ1v) is 10.6. The molecule has 0 saturated carbocycles. The summed E-state index contributed by atoms with van der Waals surface area (Å²) in [7, 11) is 1.37.